The first-order valence-electron chi connectivity index (χ1n) is 6.22. The van der Waals surface area contributed by atoms with Crippen molar-refractivity contribution in [2.45, 2.75) is 40.3 Å². The Morgan fingerprint density at radius 3 is 2.65 bits per heavy atom. The number of hydrogen-bond donors (Lipinski definition) is 0. The third kappa shape index (κ3) is 4.20. The maximum absolute atomic E-state index is 8.83. The lowest BCUT2D eigenvalue weighted by molar-refractivity contribution is 0.256. The van der Waals surface area contributed by atoms with Crippen LogP contribution in [0.2, 0.25) is 0 Å². The molecule has 0 amide bonds. The molecule has 0 saturated carbocycles. The fourth-order valence-electron chi connectivity index (χ4n) is 1.71. The molecule has 94 valence electrons. The Labute approximate surface area is 104 Å². The van der Waals surface area contributed by atoms with Gasteiger partial charge in [-0.2, -0.15) is 10.4 Å². The summed E-state index contributed by atoms with van der Waals surface area (Å²) >= 11 is 0. The Morgan fingerprint density at radius 2 is 2.18 bits per heavy atom. The average molecular weight is 234 g/mol. The van der Waals surface area contributed by atoms with Crippen molar-refractivity contribution >= 4 is 0 Å². The van der Waals surface area contributed by atoms with Gasteiger partial charge in [0.2, 0.25) is 0 Å². The van der Waals surface area contributed by atoms with Crippen LogP contribution in [0.15, 0.2) is 12.3 Å². The predicted octanol–water partition coefficient (Wildman–Crippen LogP) is 2.45. The van der Waals surface area contributed by atoms with E-state index < -0.39 is 0 Å². The van der Waals surface area contributed by atoms with Gasteiger partial charge in [-0.05, 0) is 33.4 Å². The van der Waals surface area contributed by atoms with Crippen molar-refractivity contribution in [3.8, 4) is 6.07 Å². The highest BCUT2D eigenvalue weighted by Crippen LogP contribution is 2.08. The van der Waals surface area contributed by atoms with Gasteiger partial charge in [0, 0.05) is 25.3 Å². The highest BCUT2D eigenvalue weighted by Gasteiger charge is 2.10. The van der Waals surface area contributed by atoms with Crippen LogP contribution < -0.4 is 0 Å². The number of hydrogen-bond acceptors (Lipinski definition) is 3. The van der Waals surface area contributed by atoms with Gasteiger partial charge >= 0.3 is 0 Å². The lowest BCUT2D eigenvalue weighted by Gasteiger charge is -2.20. The molecule has 0 N–H and O–H groups in total. The normalized spacial score (nSPS) is 13.0. The number of aromatic nitrogens is 2. The van der Waals surface area contributed by atoms with Crippen molar-refractivity contribution in [2.75, 3.05) is 13.1 Å². The Kier molecular flexibility index (Phi) is 5.17. The van der Waals surface area contributed by atoms with Crippen molar-refractivity contribution in [2.24, 2.45) is 5.92 Å². The molecule has 0 radical (unpaired) electrons. The lowest BCUT2D eigenvalue weighted by Crippen LogP contribution is -2.27. The molecule has 0 bridgehead atoms. The van der Waals surface area contributed by atoms with Crippen LogP contribution >= 0.6 is 0 Å². The summed E-state index contributed by atoms with van der Waals surface area (Å²) in [4.78, 5) is 2.25. The smallest absolute Gasteiger partial charge is 0.0764 e. The summed E-state index contributed by atoms with van der Waals surface area (Å²) in [6.07, 6.45) is 2.02. The fourth-order valence-corrected chi connectivity index (χ4v) is 1.71. The van der Waals surface area contributed by atoms with Gasteiger partial charge in [-0.1, -0.05) is 6.92 Å². The van der Waals surface area contributed by atoms with Crippen molar-refractivity contribution in [1.82, 2.24) is 14.7 Å². The van der Waals surface area contributed by atoms with E-state index in [1.165, 1.54) is 0 Å². The van der Waals surface area contributed by atoms with E-state index in [9.17, 15) is 0 Å². The molecule has 1 unspecified atom stereocenters. The third-order valence-corrected chi connectivity index (χ3v) is 2.78. The zero-order chi connectivity index (χ0) is 12.8. The van der Waals surface area contributed by atoms with E-state index >= 15 is 0 Å². The van der Waals surface area contributed by atoms with Crippen LogP contribution in [0.1, 0.15) is 39.4 Å². The van der Waals surface area contributed by atoms with Crippen molar-refractivity contribution < 1.29 is 0 Å². The van der Waals surface area contributed by atoms with E-state index in [0.717, 1.165) is 25.3 Å². The van der Waals surface area contributed by atoms with E-state index in [-0.39, 0.29) is 5.92 Å². The molecule has 1 aromatic heterocycles. The maximum Gasteiger partial charge on any atom is 0.0764 e. The summed E-state index contributed by atoms with van der Waals surface area (Å²) in [6, 6.07) is 4.73. The molecule has 1 aromatic rings. The van der Waals surface area contributed by atoms with Gasteiger partial charge < -0.3 is 0 Å². The van der Waals surface area contributed by atoms with Gasteiger partial charge in [-0.15, -0.1) is 0 Å². The zero-order valence-corrected chi connectivity index (χ0v) is 11.2. The first kappa shape index (κ1) is 13.7. The highest BCUT2D eigenvalue weighted by atomic mass is 15.3. The quantitative estimate of drug-likeness (QED) is 0.759. The molecule has 4 nitrogen and oxygen atoms in total. The minimum absolute atomic E-state index is 0.0714. The fraction of sp³-hybridized carbons (Fsp3) is 0.692. The first-order valence-corrected chi connectivity index (χ1v) is 6.22. The van der Waals surface area contributed by atoms with Crippen LogP contribution in [0.4, 0.5) is 0 Å². The highest BCUT2D eigenvalue weighted by molar-refractivity contribution is 4.99. The molecule has 0 aromatic carbocycles. The molecule has 17 heavy (non-hydrogen) atoms. The summed E-state index contributed by atoms with van der Waals surface area (Å²) in [6.45, 7) is 10.9. The van der Waals surface area contributed by atoms with Crippen LogP contribution in [-0.2, 0) is 6.54 Å². The number of rotatable bonds is 6. The van der Waals surface area contributed by atoms with E-state index in [2.05, 4.69) is 42.9 Å². The molecule has 1 atom stereocenters. The minimum Gasteiger partial charge on any atom is -0.296 e. The van der Waals surface area contributed by atoms with Crippen LogP contribution in [0, 0.1) is 17.2 Å². The topological polar surface area (TPSA) is 44.9 Å². The first-order chi connectivity index (χ1) is 8.06. The second-order valence-electron chi connectivity index (χ2n) is 4.74. The molecule has 0 spiro atoms. The predicted molar refractivity (Wildman–Crippen MR) is 68.3 cm³/mol. The van der Waals surface area contributed by atoms with Crippen LogP contribution in [0.25, 0.3) is 0 Å². The van der Waals surface area contributed by atoms with Gasteiger partial charge in [0.15, 0.2) is 0 Å². The zero-order valence-electron chi connectivity index (χ0n) is 11.2. The minimum atomic E-state index is 0.0714. The molecular weight excluding hydrogens is 212 g/mol. The van der Waals surface area contributed by atoms with Gasteiger partial charge in [-0.25, -0.2) is 0 Å². The summed E-state index contributed by atoms with van der Waals surface area (Å²) in [7, 11) is 0. The van der Waals surface area contributed by atoms with Crippen molar-refractivity contribution in [3.63, 3.8) is 0 Å². The molecule has 0 fully saturated rings. The largest absolute Gasteiger partial charge is 0.296 e. The second kappa shape index (κ2) is 6.41. The van der Waals surface area contributed by atoms with E-state index in [0.29, 0.717) is 6.04 Å². The Morgan fingerprint density at radius 1 is 1.47 bits per heavy atom. The number of nitrogens with zero attached hydrogens (tertiary/aromatic N) is 4. The van der Waals surface area contributed by atoms with Crippen LogP contribution in [0.3, 0.4) is 0 Å². The molecule has 4 heteroatoms. The average Bonchev–Trinajstić information content (AvgIpc) is 2.76. The molecule has 1 rings (SSSR count). The summed E-state index contributed by atoms with van der Waals surface area (Å²) in [5.41, 5.74) is 1.07. The number of nitriles is 1. The Balaban J connectivity index is 2.58. The second-order valence-corrected chi connectivity index (χ2v) is 4.74. The molecular formula is C13H22N4. The van der Waals surface area contributed by atoms with E-state index in [1.54, 1.807) is 0 Å². The van der Waals surface area contributed by atoms with Gasteiger partial charge in [0.05, 0.1) is 17.7 Å². The SMILES string of the molecule is CCN(Cc1ccn(C(C)C)n1)CC(C)C#N. The molecule has 1 heterocycles. The van der Waals surface area contributed by atoms with Crippen molar-refractivity contribution in [1.29, 1.82) is 5.26 Å². The standard InChI is InChI=1S/C13H22N4/c1-5-16(9-12(4)8-14)10-13-6-7-17(15-13)11(2)3/h6-7,11-12H,5,9-10H2,1-4H3. The third-order valence-electron chi connectivity index (χ3n) is 2.78. The Hall–Kier alpha value is -1.34. The van der Waals surface area contributed by atoms with Crippen LogP contribution in [0.5, 0.6) is 0 Å². The Bertz CT molecular complexity index is 375. The lowest BCUT2D eigenvalue weighted by atomic mass is 10.2. The molecule has 0 aliphatic heterocycles. The van der Waals surface area contributed by atoms with Gasteiger partial charge in [0.25, 0.3) is 0 Å². The molecule has 0 aliphatic rings. The van der Waals surface area contributed by atoms with Gasteiger partial charge in [0.1, 0.15) is 0 Å². The monoisotopic (exact) mass is 234 g/mol. The molecule has 0 aliphatic carbocycles. The maximum atomic E-state index is 8.83. The van der Waals surface area contributed by atoms with Crippen LogP contribution in [-0.4, -0.2) is 27.8 Å². The summed E-state index contributed by atoms with van der Waals surface area (Å²) < 4.78 is 1.97. The van der Waals surface area contributed by atoms with Gasteiger partial charge in [-0.3, -0.25) is 9.58 Å². The van der Waals surface area contributed by atoms with Crippen molar-refractivity contribution in [3.05, 3.63) is 18.0 Å². The van der Waals surface area contributed by atoms with E-state index in [4.69, 9.17) is 5.26 Å². The van der Waals surface area contributed by atoms with E-state index in [1.807, 2.05) is 17.8 Å². The summed E-state index contributed by atoms with van der Waals surface area (Å²) in [5, 5.41) is 13.3. The summed E-state index contributed by atoms with van der Waals surface area (Å²) in [5.74, 6) is 0.0714. The molecule has 0 saturated heterocycles.